The van der Waals surface area contributed by atoms with Crippen LogP contribution in [0.1, 0.15) is 37.6 Å². The SMILES string of the molecule is CCCCOC(=O)CN[C@@H](C)c1cccs1. The molecule has 1 aromatic heterocycles. The van der Waals surface area contributed by atoms with Gasteiger partial charge in [0.2, 0.25) is 0 Å². The van der Waals surface area contributed by atoms with Gasteiger partial charge < -0.3 is 4.74 Å². The van der Waals surface area contributed by atoms with Crippen LogP contribution in [0.5, 0.6) is 0 Å². The summed E-state index contributed by atoms with van der Waals surface area (Å²) in [6.45, 7) is 4.93. The summed E-state index contributed by atoms with van der Waals surface area (Å²) < 4.78 is 5.05. The van der Waals surface area contributed by atoms with Crippen molar-refractivity contribution in [2.75, 3.05) is 13.2 Å². The van der Waals surface area contributed by atoms with E-state index in [2.05, 4.69) is 18.3 Å². The Kier molecular flexibility index (Phi) is 6.11. The summed E-state index contributed by atoms with van der Waals surface area (Å²) in [5.41, 5.74) is 0. The summed E-state index contributed by atoms with van der Waals surface area (Å²) >= 11 is 1.69. The Labute approximate surface area is 101 Å². The maximum absolute atomic E-state index is 11.3. The summed E-state index contributed by atoms with van der Waals surface area (Å²) in [4.78, 5) is 12.5. The molecule has 16 heavy (non-hydrogen) atoms. The third kappa shape index (κ3) is 4.77. The standard InChI is InChI=1S/C12H19NO2S/c1-3-4-7-15-12(14)9-13-10(2)11-6-5-8-16-11/h5-6,8,10,13H,3-4,7,9H2,1-2H3/t10-/m0/s1. The second-order valence-corrected chi connectivity index (χ2v) is 4.67. The Bertz CT molecular complexity index is 298. The molecule has 4 heteroatoms. The van der Waals surface area contributed by atoms with E-state index < -0.39 is 0 Å². The fourth-order valence-electron chi connectivity index (χ4n) is 1.26. The molecule has 0 fully saturated rings. The number of hydrogen-bond donors (Lipinski definition) is 1. The zero-order valence-electron chi connectivity index (χ0n) is 9.86. The maximum Gasteiger partial charge on any atom is 0.319 e. The van der Waals surface area contributed by atoms with Crippen molar-refractivity contribution in [2.45, 2.75) is 32.7 Å². The lowest BCUT2D eigenvalue weighted by Crippen LogP contribution is -2.27. The van der Waals surface area contributed by atoms with E-state index in [0.717, 1.165) is 12.8 Å². The predicted octanol–water partition coefficient (Wildman–Crippen LogP) is 2.74. The van der Waals surface area contributed by atoms with Crippen LogP contribution >= 0.6 is 11.3 Å². The zero-order chi connectivity index (χ0) is 11.8. The number of thiophene rings is 1. The van der Waals surface area contributed by atoms with Gasteiger partial charge in [0.1, 0.15) is 0 Å². The highest BCUT2D eigenvalue weighted by molar-refractivity contribution is 7.10. The van der Waals surface area contributed by atoms with Crippen molar-refractivity contribution < 1.29 is 9.53 Å². The topological polar surface area (TPSA) is 38.3 Å². The third-order valence-corrected chi connectivity index (χ3v) is 3.34. The number of nitrogens with one attached hydrogen (secondary N) is 1. The molecule has 0 amide bonds. The smallest absolute Gasteiger partial charge is 0.319 e. The molecule has 0 bridgehead atoms. The quantitative estimate of drug-likeness (QED) is 0.589. The van der Waals surface area contributed by atoms with Gasteiger partial charge in [-0.25, -0.2) is 0 Å². The minimum atomic E-state index is -0.170. The Morgan fingerprint density at radius 1 is 1.62 bits per heavy atom. The van der Waals surface area contributed by atoms with E-state index in [0.29, 0.717) is 6.61 Å². The van der Waals surface area contributed by atoms with Gasteiger partial charge in [-0.15, -0.1) is 11.3 Å². The highest BCUT2D eigenvalue weighted by Crippen LogP contribution is 2.17. The third-order valence-electron chi connectivity index (χ3n) is 2.28. The van der Waals surface area contributed by atoms with Crippen LogP contribution in [0.3, 0.4) is 0 Å². The predicted molar refractivity (Wildman–Crippen MR) is 66.6 cm³/mol. The molecular formula is C12H19NO2S. The molecule has 0 saturated heterocycles. The minimum absolute atomic E-state index is 0.170. The minimum Gasteiger partial charge on any atom is -0.465 e. The average molecular weight is 241 g/mol. The van der Waals surface area contributed by atoms with Crippen molar-refractivity contribution in [3.63, 3.8) is 0 Å². The van der Waals surface area contributed by atoms with Gasteiger partial charge in [-0.05, 0) is 24.8 Å². The van der Waals surface area contributed by atoms with Crippen molar-refractivity contribution in [2.24, 2.45) is 0 Å². The van der Waals surface area contributed by atoms with Gasteiger partial charge in [0.25, 0.3) is 0 Å². The first-order valence-corrected chi connectivity index (χ1v) is 6.54. The van der Waals surface area contributed by atoms with Crippen molar-refractivity contribution in [1.82, 2.24) is 5.32 Å². The van der Waals surface area contributed by atoms with Crippen LogP contribution in [0.25, 0.3) is 0 Å². The summed E-state index contributed by atoms with van der Waals surface area (Å²) in [7, 11) is 0. The summed E-state index contributed by atoms with van der Waals surface area (Å²) in [6, 6.07) is 4.28. The van der Waals surface area contributed by atoms with E-state index in [1.54, 1.807) is 11.3 Å². The van der Waals surface area contributed by atoms with E-state index in [9.17, 15) is 4.79 Å². The molecule has 90 valence electrons. The van der Waals surface area contributed by atoms with Gasteiger partial charge in [-0.2, -0.15) is 0 Å². The number of ether oxygens (including phenoxy) is 1. The van der Waals surface area contributed by atoms with Crippen molar-refractivity contribution in [1.29, 1.82) is 0 Å². The fraction of sp³-hybridized carbons (Fsp3) is 0.583. The normalized spacial score (nSPS) is 12.4. The van der Waals surface area contributed by atoms with Gasteiger partial charge in [0.05, 0.1) is 13.2 Å². The zero-order valence-corrected chi connectivity index (χ0v) is 10.7. The molecule has 0 aromatic carbocycles. The first kappa shape index (κ1) is 13.2. The van der Waals surface area contributed by atoms with Crippen LogP contribution in [-0.2, 0) is 9.53 Å². The van der Waals surface area contributed by atoms with E-state index in [4.69, 9.17) is 4.74 Å². The monoisotopic (exact) mass is 241 g/mol. The number of unbranched alkanes of at least 4 members (excludes halogenated alkanes) is 1. The lowest BCUT2D eigenvalue weighted by molar-refractivity contribution is -0.142. The highest BCUT2D eigenvalue weighted by atomic mass is 32.1. The molecule has 0 aliphatic rings. The molecule has 0 aliphatic carbocycles. The lowest BCUT2D eigenvalue weighted by atomic mass is 10.3. The number of esters is 1. The maximum atomic E-state index is 11.3. The van der Waals surface area contributed by atoms with Crippen LogP contribution in [0, 0.1) is 0 Å². The van der Waals surface area contributed by atoms with E-state index in [1.165, 1.54) is 4.88 Å². The van der Waals surface area contributed by atoms with Gasteiger partial charge in [0.15, 0.2) is 0 Å². The molecule has 0 unspecified atom stereocenters. The molecule has 1 N–H and O–H groups in total. The van der Waals surface area contributed by atoms with Crippen LogP contribution < -0.4 is 5.32 Å². The van der Waals surface area contributed by atoms with Crippen molar-refractivity contribution in [3.8, 4) is 0 Å². The number of rotatable bonds is 7. The summed E-state index contributed by atoms with van der Waals surface area (Å²) in [6.07, 6.45) is 1.98. The molecule has 1 heterocycles. The second-order valence-electron chi connectivity index (χ2n) is 3.69. The summed E-state index contributed by atoms with van der Waals surface area (Å²) in [5, 5.41) is 5.18. The van der Waals surface area contributed by atoms with Crippen LogP contribution in [0.2, 0.25) is 0 Å². The molecule has 0 radical (unpaired) electrons. The second kappa shape index (κ2) is 7.41. The van der Waals surface area contributed by atoms with Gasteiger partial charge in [-0.3, -0.25) is 10.1 Å². The highest BCUT2D eigenvalue weighted by Gasteiger charge is 2.08. The molecule has 3 nitrogen and oxygen atoms in total. The van der Waals surface area contributed by atoms with E-state index in [-0.39, 0.29) is 18.6 Å². The first-order chi connectivity index (χ1) is 7.74. The molecule has 1 atom stereocenters. The largest absolute Gasteiger partial charge is 0.465 e. The number of carbonyl (C=O) groups excluding carboxylic acids is 1. The van der Waals surface area contributed by atoms with Crippen LogP contribution in [0.15, 0.2) is 17.5 Å². The van der Waals surface area contributed by atoms with Gasteiger partial charge >= 0.3 is 5.97 Å². The number of carbonyl (C=O) groups is 1. The molecule has 1 rings (SSSR count). The van der Waals surface area contributed by atoms with Crippen LogP contribution in [-0.4, -0.2) is 19.1 Å². The Morgan fingerprint density at radius 2 is 2.44 bits per heavy atom. The Morgan fingerprint density at radius 3 is 3.06 bits per heavy atom. The van der Waals surface area contributed by atoms with E-state index >= 15 is 0 Å². The van der Waals surface area contributed by atoms with E-state index in [1.807, 2.05) is 18.4 Å². The molecular weight excluding hydrogens is 222 g/mol. The number of hydrogen-bond acceptors (Lipinski definition) is 4. The van der Waals surface area contributed by atoms with Gasteiger partial charge in [0, 0.05) is 10.9 Å². The Balaban J connectivity index is 2.16. The van der Waals surface area contributed by atoms with Crippen LogP contribution in [0.4, 0.5) is 0 Å². The van der Waals surface area contributed by atoms with Crippen molar-refractivity contribution in [3.05, 3.63) is 22.4 Å². The average Bonchev–Trinajstić information content (AvgIpc) is 2.79. The summed E-state index contributed by atoms with van der Waals surface area (Å²) in [5.74, 6) is -0.170. The molecule has 1 aromatic rings. The molecule has 0 saturated carbocycles. The van der Waals surface area contributed by atoms with Gasteiger partial charge in [-0.1, -0.05) is 19.4 Å². The Hall–Kier alpha value is -0.870. The lowest BCUT2D eigenvalue weighted by Gasteiger charge is -2.11. The van der Waals surface area contributed by atoms with Crippen molar-refractivity contribution >= 4 is 17.3 Å². The molecule has 0 spiro atoms. The fourth-order valence-corrected chi connectivity index (χ4v) is 2.01. The molecule has 0 aliphatic heterocycles. The first-order valence-electron chi connectivity index (χ1n) is 5.66.